The maximum atomic E-state index is 14.6. The molecule has 1 amide bonds. The molecule has 1 fully saturated rings. The lowest BCUT2D eigenvalue weighted by molar-refractivity contribution is -0.132. The minimum Gasteiger partial charge on any atom is -0.507 e. The van der Waals surface area contributed by atoms with Crippen LogP contribution in [0.15, 0.2) is 78.4 Å². The Balaban J connectivity index is 1.91. The quantitative estimate of drug-likeness (QED) is 0.348. The van der Waals surface area contributed by atoms with Crippen molar-refractivity contribution in [1.82, 2.24) is 0 Å². The molecule has 1 saturated heterocycles. The van der Waals surface area contributed by atoms with E-state index in [1.165, 1.54) is 0 Å². The molecule has 1 aliphatic rings. The van der Waals surface area contributed by atoms with E-state index >= 15 is 0 Å². The molecule has 4 rings (SSSR count). The predicted octanol–water partition coefficient (Wildman–Crippen LogP) is 4.99. The average Bonchev–Trinajstić information content (AvgIpc) is 3.07. The van der Waals surface area contributed by atoms with Crippen LogP contribution in [0, 0.1) is 11.6 Å². The fourth-order valence-electron chi connectivity index (χ4n) is 3.73. The number of hydrogen-bond acceptors (Lipinski definition) is 4. The van der Waals surface area contributed by atoms with Crippen LogP contribution in [0.3, 0.4) is 0 Å². The number of aliphatic hydroxyl groups is 1. The number of rotatable bonds is 5. The molecule has 0 aliphatic carbocycles. The van der Waals surface area contributed by atoms with E-state index in [0.717, 1.165) is 23.1 Å². The zero-order chi connectivity index (χ0) is 22.8. The number of carbonyl (C=O) groups is 2. The van der Waals surface area contributed by atoms with Crippen LogP contribution in [0.25, 0.3) is 5.76 Å². The summed E-state index contributed by atoms with van der Waals surface area (Å²) < 4.78 is 33.9. The van der Waals surface area contributed by atoms with Crippen LogP contribution in [0.4, 0.5) is 14.5 Å². The van der Waals surface area contributed by atoms with Crippen LogP contribution in [0.2, 0.25) is 0 Å². The summed E-state index contributed by atoms with van der Waals surface area (Å²) in [5, 5.41) is 11.0. The molecule has 1 N–H and O–H groups in total. The van der Waals surface area contributed by atoms with Crippen molar-refractivity contribution in [3.8, 4) is 5.75 Å². The lowest BCUT2D eigenvalue weighted by atomic mass is 9.95. The standard InChI is InChI=1S/C25H19F2NO4/c1-2-32-18-11-8-16(9-12-18)23(29)21-22(15-6-4-3-5-7-15)28(25(31)24(21)30)20-14-17(26)10-13-19(20)27/h3-14,22,29H,2H2,1H3/b23-21+. The smallest absolute Gasteiger partial charge is 0.300 e. The van der Waals surface area contributed by atoms with E-state index in [4.69, 9.17) is 4.74 Å². The number of ketones is 1. The summed E-state index contributed by atoms with van der Waals surface area (Å²) in [4.78, 5) is 26.8. The van der Waals surface area contributed by atoms with Gasteiger partial charge in [-0.3, -0.25) is 14.5 Å². The minimum atomic E-state index is -1.14. The lowest BCUT2D eigenvalue weighted by Gasteiger charge is -2.25. The van der Waals surface area contributed by atoms with Gasteiger partial charge in [-0.25, -0.2) is 8.78 Å². The number of Topliss-reactive ketones (excluding diaryl/α,β-unsaturated/α-hetero) is 1. The van der Waals surface area contributed by atoms with Gasteiger partial charge >= 0.3 is 0 Å². The van der Waals surface area contributed by atoms with Crippen molar-refractivity contribution >= 4 is 23.1 Å². The maximum Gasteiger partial charge on any atom is 0.300 e. The molecule has 0 radical (unpaired) electrons. The zero-order valence-electron chi connectivity index (χ0n) is 17.1. The summed E-state index contributed by atoms with van der Waals surface area (Å²) in [6.45, 7) is 2.30. The molecule has 162 valence electrons. The maximum absolute atomic E-state index is 14.6. The van der Waals surface area contributed by atoms with E-state index in [9.17, 15) is 23.5 Å². The highest BCUT2D eigenvalue weighted by molar-refractivity contribution is 6.51. The van der Waals surface area contributed by atoms with E-state index in [1.54, 1.807) is 54.6 Å². The summed E-state index contributed by atoms with van der Waals surface area (Å²) in [5.41, 5.74) is 0.149. The van der Waals surface area contributed by atoms with Gasteiger partial charge in [0.25, 0.3) is 11.7 Å². The van der Waals surface area contributed by atoms with Gasteiger partial charge in [-0.2, -0.15) is 0 Å². The third-order valence-electron chi connectivity index (χ3n) is 5.17. The number of anilines is 1. The SMILES string of the molecule is CCOc1ccc(/C(O)=C2\C(=O)C(=O)N(c3cc(F)ccc3F)C2c2ccccc2)cc1. The number of ether oxygens (including phenoxy) is 1. The summed E-state index contributed by atoms with van der Waals surface area (Å²) >= 11 is 0. The lowest BCUT2D eigenvalue weighted by Crippen LogP contribution is -2.30. The van der Waals surface area contributed by atoms with E-state index in [1.807, 2.05) is 6.92 Å². The number of benzene rings is 3. The third kappa shape index (κ3) is 3.73. The van der Waals surface area contributed by atoms with Crippen molar-refractivity contribution in [1.29, 1.82) is 0 Å². The molecule has 3 aromatic carbocycles. The predicted molar refractivity (Wildman–Crippen MR) is 115 cm³/mol. The minimum absolute atomic E-state index is 0.214. The highest BCUT2D eigenvalue weighted by Gasteiger charge is 2.47. The van der Waals surface area contributed by atoms with Crippen LogP contribution in [-0.2, 0) is 9.59 Å². The molecule has 32 heavy (non-hydrogen) atoms. The number of carbonyl (C=O) groups excluding carboxylic acids is 2. The Kier molecular flexibility index (Phi) is 5.73. The second-order valence-electron chi connectivity index (χ2n) is 7.13. The Morgan fingerprint density at radius 2 is 1.69 bits per heavy atom. The molecule has 1 aliphatic heterocycles. The van der Waals surface area contributed by atoms with Gasteiger partial charge in [0.15, 0.2) is 0 Å². The second-order valence-corrected chi connectivity index (χ2v) is 7.13. The summed E-state index contributed by atoms with van der Waals surface area (Å²) in [6, 6.07) is 16.3. The number of aliphatic hydroxyl groups excluding tert-OH is 1. The van der Waals surface area contributed by atoms with Gasteiger partial charge in [0.05, 0.1) is 23.9 Å². The Hall–Kier alpha value is -4.00. The van der Waals surface area contributed by atoms with Crippen LogP contribution < -0.4 is 9.64 Å². The van der Waals surface area contributed by atoms with Gasteiger partial charge in [0.2, 0.25) is 0 Å². The van der Waals surface area contributed by atoms with E-state index < -0.39 is 35.1 Å². The first-order chi connectivity index (χ1) is 15.4. The van der Waals surface area contributed by atoms with Crippen molar-refractivity contribution < 1.29 is 28.2 Å². The van der Waals surface area contributed by atoms with Crippen molar-refractivity contribution in [2.24, 2.45) is 0 Å². The largest absolute Gasteiger partial charge is 0.507 e. The van der Waals surface area contributed by atoms with Crippen molar-refractivity contribution in [3.05, 3.63) is 101 Å². The van der Waals surface area contributed by atoms with E-state index in [-0.39, 0.29) is 16.8 Å². The van der Waals surface area contributed by atoms with E-state index in [2.05, 4.69) is 0 Å². The number of hydrogen-bond donors (Lipinski definition) is 1. The first-order valence-electron chi connectivity index (χ1n) is 9.96. The topological polar surface area (TPSA) is 66.8 Å². The van der Waals surface area contributed by atoms with Crippen molar-refractivity contribution in [2.75, 3.05) is 11.5 Å². The Bertz CT molecular complexity index is 1210. The second kappa shape index (κ2) is 8.63. The molecule has 1 unspecified atom stereocenters. The van der Waals surface area contributed by atoms with Crippen LogP contribution >= 0.6 is 0 Å². The molecular weight excluding hydrogens is 416 g/mol. The van der Waals surface area contributed by atoms with Gasteiger partial charge in [-0.15, -0.1) is 0 Å². The molecule has 0 aromatic heterocycles. The van der Waals surface area contributed by atoms with Gasteiger partial charge in [0.1, 0.15) is 23.1 Å². The van der Waals surface area contributed by atoms with E-state index in [0.29, 0.717) is 17.9 Å². The average molecular weight is 435 g/mol. The van der Waals surface area contributed by atoms with Crippen molar-refractivity contribution in [3.63, 3.8) is 0 Å². The molecule has 1 heterocycles. The monoisotopic (exact) mass is 435 g/mol. The molecule has 0 saturated carbocycles. The summed E-state index contributed by atoms with van der Waals surface area (Å²) in [7, 11) is 0. The molecule has 7 heteroatoms. The fourth-order valence-corrected chi connectivity index (χ4v) is 3.73. The highest BCUT2D eigenvalue weighted by atomic mass is 19.1. The molecule has 0 bridgehead atoms. The van der Waals surface area contributed by atoms with Crippen LogP contribution in [0.5, 0.6) is 5.75 Å². The van der Waals surface area contributed by atoms with Crippen molar-refractivity contribution in [2.45, 2.75) is 13.0 Å². The van der Waals surface area contributed by atoms with Crippen LogP contribution in [0.1, 0.15) is 24.1 Å². The highest BCUT2D eigenvalue weighted by Crippen LogP contribution is 2.43. The molecule has 1 atom stereocenters. The molecular formula is C25H19F2NO4. The van der Waals surface area contributed by atoms with Crippen LogP contribution in [-0.4, -0.2) is 23.4 Å². The van der Waals surface area contributed by atoms with Gasteiger partial charge in [-0.1, -0.05) is 30.3 Å². The number of nitrogens with zero attached hydrogens (tertiary/aromatic N) is 1. The van der Waals surface area contributed by atoms with Gasteiger partial charge in [0, 0.05) is 11.6 Å². The zero-order valence-corrected chi connectivity index (χ0v) is 17.1. The first kappa shape index (κ1) is 21.2. The Morgan fingerprint density at radius 3 is 2.34 bits per heavy atom. The molecule has 3 aromatic rings. The van der Waals surface area contributed by atoms with Gasteiger partial charge in [-0.05, 0) is 48.9 Å². The molecule has 0 spiro atoms. The number of halogens is 2. The number of amides is 1. The Labute approximate surface area is 183 Å². The van der Waals surface area contributed by atoms with Gasteiger partial charge < -0.3 is 9.84 Å². The normalized spacial score (nSPS) is 17.6. The summed E-state index contributed by atoms with van der Waals surface area (Å²) in [5.74, 6) is -3.52. The molecule has 5 nitrogen and oxygen atoms in total. The fraction of sp³-hybridized carbons (Fsp3) is 0.120. The Morgan fingerprint density at radius 1 is 1.00 bits per heavy atom. The third-order valence-corrected chi connectivity index (χ3v) is 5.17. The first-order valence-corrected chi connectivity index (χ1v) is 9.96. The summed E-state index contributed by atoms with van der Waals surface area (Å²) in [6.07, 6.45) is 0.